The van der Waals surface area contributed by atoms with Crippen LogP contribution in [0.15, 0.2) is 6.20 Å². The summed E-state index contributed by atoms with van der Waals surface area (Å²) in [6, 6.07) is 0. The fourth-order valence-corrected chi connectivity index (χ4v) is 1.22. The summed E-state index contributed by atoms with van der Waals surface area (Å²) in [5.41, 5.74) is 5.60. The van der Waals surface area contributed by atoms with Crippen LogP contribution < -0.4 is 11.1 Å². The number of hydrogen-bond donors (Lipinski definition) is 3. The Morgan fingerprint density at radius 1 is 1.47 bits per heavy atom. The number of rotatable bonds is 5. The van der Waals surface area contributed by atoms with Crippen molar-refractivity contribution in [2.45, 2.75) is 25.4 Å². The molecule has 1 amide bonds. The SMILES string of the molecule is Nc1[nH]ncc1C(=O)NCCCCC(F)(F)F. The van der Waals surface area contributed by atoms with Gasteiger partial charge in [0.1, 0.15) is 11.4 Å². The zero-order chi connectivity index (χ0) is 12.9. The van der Waals surface area contributed by atoms with Gasteiger partial charge in [0.2, 0.25) is 0 Å². The summed E-state index contributed by atoms with van der Waals surface area (Å²) in [4.78, 5) is 11.4. The minimum absolute atomic E-state index is 0.00928. The van der Waals surface area contributed by atoms with Gasteiger partial charge in [-0.25, -0.2) is 0 Å². The second-order valence-corrected chi connectivity index (χ2v) is 3.53. The monoisotopic (exact) mass is 250 g/mol. The predicted molar refractivity (Wildman–Crippen MR) is 55.2 cm³/mol. The first kappa shape index (κ1) is 13.3. The van der Waals surface area contributed by atoms with Gasteiger partial charge in [-0.1, -0.05) is 0 Å². The molecular weight excluding hydrogens is 237 g/mol. The van der Waals surface area contributed by atoms with Crippen LogP contribution >= 0.6 is 0 Å². The number of anilines is 1. The molecule has 0 saturated carbocycles. The van der Waals surface area contributed by atoms with Crippen molar-refractivity contribution < 1.29 is 18.0 Å². The number of aromatic amines is 1. The Balaban J connectivity index is 2.20. The van der Waals surface area contributed by atoms with Crippen LogP contribution in [0.4, 0.5) is 19.0 Å². The number of nitrogen functional groups attached to an aromatic ring is 1. The Kier molecular flexibility index (Phi) is 4.36. The molecule has 17 heavy (non-hydrogen) atoms. The largest absolute Gasteiger partial charge is 0.389 e. The van der Waals surface area contributed by atoms with Gasteiger partial charge in [-0.05, 0) is 12.8 Å². The van der Waals surface area contributed by atoms with E-state index >= 15 is 0 Å². The predicted octanol–water partition coefficient (Wildman–Crippen LogP) is 1.45. The number of aromatic nitrogens is 2. The highest BCUT2D eigenvalue weighted by Crippen LogP contribution is 2.21. The topological polar surface area (TPSA) is 83.8 Å². The van der Waals surface area contributed by atoms with Crippen LogP contribution in [-0.2, 0) is 0 Å². The number of unbranched alkanes of at least 4 members (excludes halogenated alkanes) is 1. The first-order valence-electron chi connectivity index (χ1n) is 5.04. The molecule has 4 N–H and O–H groups in total. The third kappa shape index (κ3) is 4.75. The number of nitrogens with two attached hydrogens (primary N) is 1. The van der Waals surface area contributed by atoms with Crippen molar-refractivity contribution in [2.75, 3.05) is 12.3 Å². The zero-order valence-electron chi connectivity index (χ0n) is 8.97. The molecule has 0 aromatic carbocycles. The van der Waals surface area contributed by atoms with Crippen LogP contribution in [0, 0.1) is 0 Å². The van der Waals surface area contributed by atoms with E-state index in [4.69, 9.17) is 5.73 Å². The summed E-state index contributed by atoms with van der Waals surface area (Å²) in [5.74, 6) is -0.305. The molecule has 1 aromatic heterocycles. The van der Waals surface area contributed by atoms with E-state index < -0.39 is 18.5 Å². The van der Waals surface area contributed by atoms with Gasteiger partial charge in [0.05, 0.1) is 6.20 Å². The van der Waals surface area contributed by atoms with E-state index in [1.807, 2.05) is 0 Å². The summed E-state index contributed by atoms with van der Waals surface area (Å²) < 4.78 is 35.4. The lowest BCUT2D eigenvalue weighted by Gasteiger charge is -2.06. The van der Waals surface area contributed by atoms with E-state index in [1.54, 1.807) is 0 Å². The average molecular weight is 250 g/mol. The van der Waals surface area contributed by atoms with Gasteiger partial charge in [0, 0.05) is 13.0 Å². The summed E-state index contributed by atoms with van der Waals surface area (Å²) in [6.07, 6.45) is -3.45. The molecule has 0 bridgehead atoms. The van der Waals surface area contributed by atoms with E-state index in [2.05, 4.69) is 15.5 Å². The summed E-state index contributed by atoms with van der Waals surface area (Å²) in [5, 5.41) is 8.41. The van der Waals surface area contributed by atoms with Crippen molar-refractivity contribution in [3.05, 3.63) is 11.8 Å². The van der Waals surface area contributed by atoms with Gasteiger partial charge in [-0.15, -0.1) is 0 Å². The highest BCUT2D eigenvalue weighted by Gasteiger charge is 2.25. The number of hydrogen-bond acceptors (Lipinski definition) is 3. The summed E-state index contributed by atoms with van der Waals surface area (Å²) in [6.45, 7) is 0.180. The molecule has 0 aliphatic heterocycles. The van der Waals surface area contributed by atoms with E-state index in [0.29, 0.717) is 0 Å². The number of nitrogens with one attached hydrogen (secondary N) is 2. The number of H-pyrrole nitrogens is 1. The van der Waals surface area contributed by atoms with E-state index in [9.17, 15) is 18.0 Å². The lowest BCUT2D eigenvalue weighted by atomic mass is 10.2. The van der Waals surface area contributed by atoms with Crippen molar-refractivity contribution in [1.82, 2.24) is 15.5 Å². The summed E-state index contributed by atoms with van der Waals surface area (Å²) in [7, 11) is 0. The molecule has 0 unspecified atom stereocenters. The van der Waals surface area contributed by atoms with Gasteiger partial charge >= 0.3 is 6.18 Å². The molecular formula is C9H13F3N4O. The molecule has 0 aliphatic rings. The Hall–Kier alpha value is -1.73. The van der Waals surface area contributed by atoms with E-state index in [-0.39, 0.29) is 30.8 Å². The molecule has 0 radical (unpaired) electrons. The van der Waals surface area contributed by atoms with Crippen molar-refractivity contribution in [3.63, 3.8) is 0 Å². The number of alkyl halides is 3. The number of amides is 1. The molecule has 1 rings (SSSR count). The van der Waals surface area contributed by atoms with E-state index in [0.717, 1.165) is 0 Å². The number of nitrogens with zero attached hydrogens (tertiary/aromatic N) is 1. The smallest absolute Gasteiger partial charge is 0.383 e. The van der Waals surface area contributed by atoms with Gasteiger partial charge in [-0.3, -0.25) is 9.89 Å². The van der Waals surface area contributed by atoms with Gasteiger partial charge in [-0.2, -0.15) is 18.3 Å². The molecule has 1 aromatic rings. The average Bonchev–Trinajstić information content (AvgIpc) is 2.62. The van der Waals surface area contributed by atoms with Gasteiger partial charge in [0.25, 0.3) is 5.91 Å². The maximum Gasteiger partial charge on any atom is 0.389 e. The second kappa shape index (κ2) is 5.55. The van der Waals surface area contributed by atoms with Crippen molar-refractivity contribution in [3.8, 4) is 0 Å². The van der Waals surface area contributed by atoms with E-state index in [1.165, 1.54) is 6.20 Å². The molecule has 8 heteroatoms. The standard InChI is InChI=1S/C9H13F3N4O/c10-9(11,12)3-1-2-4-14-8(17)6-5-15-16-7(6)13/h5H,1-4H2,(H,14,17)(H3,13,15,16). The summed E-state index contributed by atoms with van der Waals surface area (Å²) >= 11 is 0. The minimum Gasteiger partial charge on any atom is -0.383 e. The van der Waals surface area contributed by atoms with Crippen LogP contribution in [0.3, 0.4) is 0 Å². The third-order valence-corrected chi connectivity index (χ3v) is 2.09. The fraction of sp³-hybridized carbons (Fsp3) is 0.556. The van der Waals surface area contributed by atoms with Crippen LogP contribution in [0.25, 0.3) is 0 Å². The highest BCUT2D eigenvalue weighted by molar-refractivity contribution is 5.97. The number of carbonyl (C=O) groups excluding carboxylic acids is 1. The normalized spacial score (nSPS) is 11.5. The lowest BCUT2D eigenvalue weighted by Crippen LogP contribution is -2.25. The Bertz CT molecular complexity index is 375. The first-order valence-corrected chi connectivity index (χ1v) is 5.04. The minimum atomic E-state index is -4.14. The molecule has 0 aliphatic carbocycles. The molecule has 1 heterocycles. The quantitative estimate of drug-likeness (QED) is 0.691. The molecule has 0 fully saturated rings. The second-order valence-electron chi connectivity index (χ2n) is 3.53. The van der Waals surface area contributed by atoms with Crippen molar-refractivity contribution in [1.29, 1.82) is 0 Å². The maximum atomic E-state index is 11.8. The van der Waals surface area contributed by atoms with Crippen LogP contribution in [0.5, 0.6) is 0 Å². The lowest BCUT2D eigenvalue weighted by molar-refractivity contribution is -0.135. The maximum absolute atomic E-state index is 11.8. The first-order chi connectivity index (χ1) is 7.90. The Morgan fingerprint density at radius 3 is 2.71 bits per heavy atom. The van der Waals surface area contributed by atoms with Crippen LogP contribution in [0.2, 0.25) is 0 Å². The van der Waals surface area contributed by atoms with Crippen molar-refractivity contribution >= 4 is 11.7 Å². The third-order valence-electron chi connectivity index (χ3n) is 2.09. The number of halogens is 3. The molecule has 0 atom stereocenters. The molecule has 0 saturated heterocycles. The van der Waals surface area contributed by atoms with Crippen LogP contribution in [-0.4, -0.2) is 28.8 Å². The van der Waals surface area contributed by atoms with Gasteiger partial charge < -0.3 is 11.1 Å². The number of carbonyl (C=O) groups is 1. The zero-order valence-corrected chi connectivity index (χ0v) is 8.97. The fourth-order valence-electron chi connectivity index (χ4n) is 1.22. The molecule has 5 nitrogen and oxygen atoms in total. The highest BCUT2D eigenvalue weighted by atomic mass is 19.4. The molecule has 96 valence electrons. The van der Waals surface area contributed by atoms with Crippen molar-refractivity contribution in [2.24, 2.45) is 0 Å². The van der Waals surface area contributed by atoms with Gasteiger partial charge in [0.15, 0.2) is 0 Å². The van der Waals surface area contributed by atoms with Crippen LogP contribution in [0.1, 0.15) is 29.6 Å². The Labute approximate surface area is 95.6 Å². The molecule has 0 spiro atoms. The Morgan fingerprint density at radius 2 is 2.18 bits per heavy atom.